The molecule has 4 heteroatoms. The van der Waals surface area contributed by atoms with Crippen molar-refractivity contribution < 1.29 is 0 Å². The van der Waals surface area contributed by atoms with Gasteiger partial charge in [-0.25, -0.2) is 15.0 Å². The zero-order valence-corrected chi connectivity index (χ0v) is 32.3. The molecule has 276 valence electrons. The van der Waals surface area contributed by atoms with Gasteiger partial charge in [-0.05, 0) is 89.0 Å². The number of hydrogen-bond acceptors (Lipinski definition) is 3. The molecule has 4 nitrogen and oxygen atoms in total. The summed E-state index contributed by atoms with van der Waals surface area (Å²) in [6.07, 6.45) is 1.83. The first-order chi connectivity index (χ1) is 28.7. The predicted molar refractivity (Wildman–Crippen MR) is 240 cm³/mol. The summed E-state index contributed by atoms with van der Waals surface area (Å²) in [5, 5.41) is 2.54. The Morgan fingerprint density at radius 1 is 0.379 bits per heavy atom. The maximum absolute atomic E-state index is 5.05. The van der Waals surface area contributed by atoms with Gasteiger partial charge in [0, 0.05) is 33.2 Å². The van der Waals surface area contributed by atoms with Crippen LogP contribution in [0.3, 0.4) is 0 Å². The van der Waals surface area contributed by atoms with Gasteiger partial charge in [0.2, 0.25) is 0 Å². The summed E-state index contributed by atoms with van der Waals surface area (Å²) >= 11 is 0. The lowest BCUT2D eigenvalue weighted by Gasteiger charge is -2.16. The average Bonchev–Trinajstić information content (AvgIpc) is 3.64. The van der Waals surface area contributed by atoms with Gasteiger partial charge in [-0.15, -0.1) is 0 Å². The third-order valence-electron chi connectivity index (χ3n) is 11.2. The molecule has 0 aliphatic carbocycles. The fourth-order valence-electron chi connectivity index (χ4n) is 8.16. The largest absolute Gasteiger partial charge is 0.309 e. The smallest absolute Gasteiger partial charge is 0.164 e. The molecule has 0 N–H and O–H groups in total. The van der Waals surface area contributed by atoms with Crippen LogP contribution in [-0.4, -0.2) is 19.5 Å². The maximum Gasteiger partial charge on any atom is 0.164 e. The highest BCUT2D eigenvalue weighted by Gasteiger charge is 2.16. The first-order valence-corrected chi connectivity index (χ1v) is 19.9. The van der Waals surface area contributed by atoms with E-state index in [4.69, 9.17) is 15.0 Å². The Bertz CT molecular complexity index is 3000. The fraction of sp³-hybridized carbons (Fsp3) is 0.0556. The molecule has 0 spiro atoms. The Labute approximate surface area is 338 Å². The van der Waals surface area contributed by atoms with E-state index >= 15 is 0 Å². The minimum Gasteiger partial charge on any atom is -0.309 e. The third-order valence-corrected chi connectivity index (χ3v) is 11.2. The lowest BCUT2D eigenvalue weighted by molar-refractivity contribution is 0.961. The quantitative estimate of drug-likeness (QED) is 0.148. The van der Waals surface area contributed by atoms with Crippen LogP contribution in [0.4, 0.5) is 0 Å². The molecule has 58 heavy (non-hydrogen) atoms. The van der Waals surface area contributed by atoms with Gasteiger partial charge in [-0.2, -0.15) is 0 Å². The van der Waals surface area contributed by atoms with Gasteiger partial charge in [0.05, 0.1) is 11.0 Å². The fourth-order valence-corrected chi connectivity index (χ4v) is 8.16. The highest BCUT2D eigenvalue weighted by Crippen LogP contribution is 2.36. The van der Waals surface area contributed by atoms with Crippen molar-refractivity contribution >= 4 is 21.8 Å². The van der Waals surface area contributed by atoms with E-state index in [2.05, 4.69) is 175 Å². The number of aryl methyl sites for hydroxylation is 3. The van der Waals surface area contributed by atoms with Crippen LogP contribution in [0.1, 0.15) is 16.7 Å². The average molecular weight is 745 g/mol. The second kappa shape index (κ2) is 15.2. The minimum absolute atomic E-state index is 0.653. The van der Waals surface area contributed by atoms with Crippen LogP contribution in [0.25, 0.3) is 83.9 Å². The number of aromatic nitrogens is 4. The van der Waals surface area contributed by atoms with Crippen molar-refractivity contribution in [1.29, 1.82) is 0 Å². The second-order valence-electron chi connectivity index (χ2n) is 14.8. The van der Waals surface area contributed by atoms with E-state index in [1.165, 1.54) is 55.3 Å². The number of rotatable bonds is 9. The van der Waals surface area contributed by atoms with Crippen LogP contribution in [0, 0.1) is 6.92 Å². The molecule has 0 radical (unpaired) electrons. The molecule has 0 amide bonds. The number of nitrogens with zero attached hydrogens (tertiary/aromatic N) is 4. The van der Waals surface area contributed by atoms with Crippen LogP contribution in [0.2, 0.25) is 0 Å². The molecule has 0 unspecified atom stereocenters. The number of fused-ring (bicyclic) bond motifs is 3. The molecular formula is C54H40N4. The van der Waals surface area contributed by atoms with E-state index in [0.717, 1.165) is 40.7 Å². The Hall–Kier alpha value is -7.43. The van der Waals surface area contributed by atoms with Crippen molar-refractivity contribution in [1.82, 2.24) is 19.5 Å². The molecule has 0 fully saturated rings. The molecule has 2 heterocycles. The van der Waals surface area contributed by atoms with Crippen molar-refractivity contribution in [3.05, 3.63) is 217 Å². The molecule has 0 aliphatic rings. The summed E-state index contributed by atoms with van der Waals surface area (Å²) in [4.78, 5) is 15.0. The van der Waals surface area contributed by atoms with Gasteiger partial charge in [-0.3, -0.25) is 0 Å². The highest BCUT2D eigenvalue weighted by atomic mass is 15.0. The molecular weight excluding hydrogens is 705 g/mol. The lowest BCUT2D eigenvalue weighted by atomic mass is 9.92. The molecule has 8 aromatic carbocycles. The SMILES string of the molecule is Cc1ccc(-n2c3ccccc3c3ccccc32)cc1-c1ccccc1CCc1ccc(-c2nc(-c3ccccc3)nc(-c3cccc(-c4ccccc4)c3)n2)cc1. The van der Waals surface area contributed by atoms with Crippen LogP contribution < -0.4 is 0 Å². The van der Waals surface area contributed by atoms with Gasteiger partial charge in [0.15, 0.2) is 17.5 Å². The monoisotopic (exact) mass is 744 g/mol. The van der Waals surface area contributed by atoms with E-state index in [9.17, 15) is 0 Å². The second-order valence-corrected chi connectivity index (χ2v) is 14.8. The summed E-state index contributed by atoms with van der Waals surface area (Å²) in [7, 11) is 0. The van der Waals surface area contributed by atoms with E-state index < -0.39 is 0 Å². The van der Waals surface area contributed by atoms with E-state index in [-0.39, 0.29) is 0 Å². The van der Waals surface area contributed by atoms with Gasteiger partial charge in [-0.1, -0.05) is 170 Å². The summed E-state index contributed by atoms with van der Waals surface area (Å²) in [5.74, 6) is 1.97. The molecule has 10 aromatic rings. The standard InChI is InChI=1S/C54H40N4/c1-37-27-34-45(58-50-25-12-10-23-47(50)48-24-11-13-26-51(48)58)36-49(37)46-22-9-8-17-40(46)31-28-38-29-32-42(33-30-38)53-55-52(41-18-6-3-7-19-41)56-54(57-53)44-21-14-20-43(35-44)39-15-4-2-5-16-39/h2-27,29-30,32-36H,28,31H2,1H3. The molecule has 2 aromatic heterocycles. The number of hydrogen-bond donors (Lipinski definition) is 0. The summed E-state index contributed by atoms with van der Waals surface area (Å²) in [5.41, 5.74) is 15.2. The van der Waals surface area contributed by atoms with Gasteiger partial charge < -0.3 is 4.57 Å². The van der Waals surface area contributed by atoms with Crippen LogP contribution >= 0.6 is 0 Å². The third kappa shape index (κ3) is 6.75. The van der Waals surface area contributed by atoms with Gasteiger partial charge in [0.25, 0.3) is 0 Å². The van der Waals surface area contributed by atoms with Crippen LogP contribution in [0.5, 0.6) is 0 Å². The zero-order valence-electron chi connectivity index (χ0n) is 32.3. The topological polar surface area (TPSA) is 43.6 Å². The Kier molecular flexibility index (Phi) is 9.21. The summed E-state index contributed by atoms with van der Waals surface area (Å²) < 4.78 is 2.40. The van der Waals surface area contributed by atoms with Gasteiger partial charge >= 0.3 is 0 Å². The lowest BCUT2D eigenvalue weighted by Crippen LogP contribution is -2.00. The molecule has 0 bridgehead atoms. The Morgan fingerprint density at radius 2 is 0.914 bits per heavy atom. The summed E-state index contributed by atoms with van der Waals surface area (Å²) in [6.45, 7) is 2.22. The molecule has 0 saturated heterocycles. The van der Waals surface area contributed by atoms with Crippen molar-refractivity contribution in [2.45, 2.75) is 19.8 Å². The summed E-state index contributed by atoms with van der Waals surface area (Å²) in [6, 6.07) is 70.9. The van der Waals surface area contributed by atoms with Crippen molar-refractivity contribution in [2.24, 2.45) is 0 Å². The molecule has 0 atom stereocenters. The Morgan fingerprint density at radius 3 is 1.60 bits per heavy atom. The normalized spacial score (nSPS) is 11.3. The highest BCUT2D eigenvalue weighted by molar-refractivity contribution is 6.09. The van der Waals surface area contributed by atoms with Gasteiger partial charge in [0.1, 0.15) is 0 Å². The van der Waals surface area contributed by atoms with E-state index in [1.54, 1.807) is 0 Å². The van der Waals surface area contributed by atoms with Crippen LogP contribution in [0.15, 0.2) is 200 Å². The molecule has 10 rings (SSSR count). The van der Waals surface area contributed by atoms with Crippen molar-refractivity contribution in [3.8, 4) is 62.1 Å². The zero-order chi connectivity index (χ0) is 38.8. The van der Waals surface area contributed by atoms with Crippen molar-refractivity contribution in [2.75, 3.05) is 0 Å². The first-order valence-electron chi connectivity index (χ1n) is 19.9. The van der Waals surface area contributed by atoms with Crippen molar-refractivity contribution in [3.63, 3.8) is 0 Å². The number of para-hydroxylation sites is 2. The van der Waals surface area contributed by atoms with Crippen LogP contribution in [-0.2, 0) is 12.8 Å². The molecule has 0 saturated carbocycles. The Balaban J connectivity index is 0.945. The number of benzene rings is 8. The maximum atomic E-state index is 5.05. The van der Waals surface area contributed by atoms with E-state index in [1.807, 2.05) is 36.4 Å². The molecule has 0 aliphatic heterocycles. The minimum atomic E-state index is 0.653. The first kappa shape index (κ1) is 35.0. The van der Waals surface area contributed by atoms with E-state index in [0.29, 0.717) is 17.5 Å². The predicted octanol–water partition coefficient (Wildman–Crippen LogP) is 13.4.